The summed E-state index contributed by atoms with van der Waals surface area (Å²) < 4.78 is 1.23. The molecule has 0 aromatic carbocycles. The highest BCUT2D eigenvalue weighted by Gasteiger charge is 2.27. The van der Waals surface area contributed by atoms with Crippen molar-refractivity contribution in [3.63, 3.8) is 0 Å². The highest BCUT2D eigenvalue weighted by molar-refractivity contribution is 9.10. The van der Waals surface area contributed by atoms with E-state index in [0.717, 1.165) is 18.4 Å². The SMILES string of the molecule is CCNC(Cc1cc(Br)cs1)C1CCCC(CC)C1. The Morgan fingerprint density at radius 1 is 1.42 bits per heavy atom. The molecule has 1 saturated carbocycles. The van der Waals surface area contributed by atoms with Crippen LogP contribution >= 0.6 is 27.3 Å². The molecule has 2 rings (SSSR count). The van der Waals surface area contributed by atoms with Crippen molar-refractivity contribution >= 4 is 27.3 Å². The van der Waals surface area contributed by atoms with Crippen molar-refractivity contribution in [3.8, 4) is 0 Å². The van der Waals surface area contributed by atoms with E-state index in [-0.39, 0.29) is 0 Å². The van der Waals surface area contributed by atoms with E-state index in [4.69, 9.17) is 0 Å². The van der Waals surface area contributed by atoms with Crippen molar-refractivity contribution in [2.45, 2.75) is 58.4 Å². The zero-order valence-electron chi connectivity index (χ0n) is 12.1. The normalized spacial score (nSPS) is 25.4. The van der Waals surface area contributed by atoms with Crippen LogP contribution in [0.1, 0.15) is 50.8 Å². The van der Waals surface area contributed by atoms with Gasteiger partial charge in [0, 0.05) is 20.8 Å². The van der Waals surface area contributed by atoms with E-state index in [2.05, 4.69) is 46.5 Å². The molecule has 1 N–H and O–H groups in total. The molecule has 0 aliphatic heterocycles. The fraction of sp³-hybridized carbons (Fsp3) is 0.750. The van der Waals surface area contributed by atoms with Crippen molar-refractivity contribution in [3.05, 3.63) is 20.8 Å². The van der Waals surface area contributed by atoms with Gasteiger partial charge in [-0.2, -0.15) is 0 Å². The fourth-order valence-corrected chi connectivity index (χ4v) is 4.93. The topological polar surface area (TPSA) is 12.0 Å². The van der Waals surface area contributed by atoms with Gasteiger partial charge in [-0.1, -0.05) is 33.1 Å². The van der Waals surface area contributed by atoms with Crippen LogP contribution in [-0.2, 0) is 6.42 Å². The zero-order chi connectivity index (χ0) is 13.7. The second-order valence-electron chi connectivity index (χ2n) is 5.80. The van der Waals surface area contributed by atoms with Crippen LogP contribution in [0.4, 0.5) is 0 Å². The minimum Gasteiger partial charge on any atom is -0.314 e. The van der Waals surface area contributed by atoms with E-state index in [0.29, 0.717) is 6.04 Å². The standard InChI is InChI=1S/C16H26BrNS/c1-3-12-6-5-7-13(8-12)16(18-4-2)10-15-9-14(17)11-19-15/h9,11-13,16,18H,3-8,10H2,1-2H3. The summed E-state index contributed by atoms with van der Waals surface area (Å²) in [6, 6.07) is 2.96. The molecule has 1 aromatic rings. The Hall–Kier alpha value is 0.140. The number of rotatable bonds is 6. The molecule has 1 aliphatic carbocycles. The second-order valence-corrected chi connectivity index (χ2v) is 7.71. The van der Waals surface area contributed by atoms with Crippen LogP contribution < -0.4 is 5.32 Å². The molecule has 1 aromatic heterocycles. The lowest BCUT2D eigenvalue weighted by molar-refractivity contribution is 0.209. The Labute approximate surface area is 130 Å². The van der Waals surface area contributed by atoms with Crippen LogP contribution in [0, 0.1) is 11.8 Å². The monoisotopic (exact) mass is 343 g/mol. The van der Waals surface area contributed by atoms with Gasteiger partial charge in [-0.15, -0.1) is 11.3 Å². The van der Waals surface area contributed by atoms with Crippen molar-refractivity contribution < 1.29 is 0 Å². The van der Waals surface area contributed by atoms with Crippen molar-refractivity contribution in [2.75, 3.05) is 6.54 Å². The first-order chi connectivity index (χ1) is 9.22. The van der Waals surface area contributed by atoms with E-state index in [9.17, 15) is 0 Å². The average Bonchev–Trinajstić information content (AvgIpc) is 2.84. The Morgan fingerprint density at radius 3 is 2.89 bits per heavy atom. The molecule has 0 bridgehead atoms. The van der Waals surface area contributed by atoms with Gasteiger partial charge in [0.25, 0.3) is 0 Å². The van der Waals surface area contributed by atoms with Crippen molar-refractivity contribution in [1.29, 1.82) is 0 Å². The summed E-state index contributed by atoms with van der Waals surface area (Å²) in [5.74, 6) is 1.84. The predicted octanol–water partition coefficient (Wildman–Crippen LogP) is 5.25. The lowest BCUT2D eigenvalue weighted by Crippen LogP contribution is -2.40. The lowest BCUT2D eigenvalue weighted by atomic mass is 9.76. The molecule has 0 spiro atoms. The average molecular weight is 344 g/mol. The Balaban J connectivity index is 1.98. The molecule has 19 heavy (non-hydrogen) atoms. The van der Waals surface area contributed by atoms with E-state index in [1.54, 1.807) is 0 Å². The van der Waals surface area contributed by atoms with Gasteiger partial charge < -0.3 is 5.32 Å². The summed E-state index contributed by atoms with van der Waals surface area (Å²) in [5.41, 5.74) is 0. The van der Waals surface area contributed by atoms with E-state index >= 15 is 0 Å². The van der Waals surface area contributed by atoms with Crippen LogP contribution in [-0.4, -0.2) is 12.6 Å². The van der Waals surface area contributed by atoms with Crippen molar-refractivity contribution in [2.24, 2.45) is 11.8 Å². The van der Waals surface area contributed by atoms with Gasteiger partial charge >= 0.3 is 0 Å². The van der Waals surface area contributed by atoms with Gasteiger partial charge in [0.2, 0.25) is 0 Å². The highest BCUT2D eigenvalue weighted by Crippen LogP contribution is 2.34. The van der Waals surface area contributed by atoms with Crippen LogP contribution in [0.15, 0.2) is 15.9 Å². The van der Waals surface area contributed by atoms with Gasteiger partial charge in [-0.25, -0.2) is 0 Å². The number of likely N-dealkylation sites (N-methyl/N-ethyl adjacent to an activating group) is 1. The van der Waals surface area contributed by atoms with Crippen LogP contribution in [0.25, 0.3) is 0 Å². The summed E-state index contributed by atoms with van der Waals surface area (Å²) in [4.78, 5) is 1.51. The number of nitrogens with one attached hydrogen (secondary N) is 1. The number of thiophene rings is 1. The number of hydrogen-bond donors (Lipinski definition) is 1. The van der Waals surface area contributed by atoms with E-state index < -0.39 is 0 Å². The van der Waals surface area contributed by atoms with E-state index in [1.807, 2.05) is 11.3 Å². The minimum absolute atomic E-state index is 0.671. The molecule has 1 aliphatic rings. The first-order valence-electron chi connectivity index (χ1n) is 7.69. The Bertz CT molecular complexity index is 377. The summed E-state index contributed by atoms with van der Waals surface area (Å²) in [7, 11) is 0. The molecular formula is C16H26BrNS. The molecule has 108 valence electrons. The second kappa shape index (κ2) is 7.80. The maximum atomic E-state index is 3.75. The Kier molecular flexibility index (Phi) is 6.37. The molecule has 0 amide bonds. The van der Waals surface area contributed by atoms with Crippen LogP contribution in [0.2, 0.25) is 0 Å². The fourth-order valence-electron chi connectivity index (χ4n) is 3.41. The van der Waals surface area contributed by atoms with Crippen molar-refractivity contribution in [1.82, 2.24) is 5.32 Å². The maximum Gasteiger partial charge on any atom is 0.0285 e. The summed E-state index contributed by atoms with van der Waals surface area (Å²) in [5, 5.41) is 5.95. The molecule has 1 nitrogen and oxygen atoms in total. The lowest BCUT2D eigenvalue weighted by Gasteiger charge is -2.34. The molecule has 3 atom stereocenters. The van der Waals surface area contributed by atoms with Crippen LogP contribution in [0.5, 0.6) is 0 Å². The van der Waals surface area contributed by atoms with Gasteiger partial charge in [0.15, 0.2) is 0 Å². The molecule has 0 radical (unpaired) electrons. The molecule has 3 heteroatoms. The predicted molar refractivity (Wildman–Crippen MR) is 88.9 cm³/mol. The van der Waals surface area contributed by atoms with E-state index in [1.165, 1.54) is 47.9 Å². The Morgan fingerprint density at radius 2 is 2.26 bits per heavy atom. The third-order valence-electron chi connectivity index (χ3n) is 4.48. The van der Waals surface area contributed by atoms with Gasteiger partial charge in [-0.05, 0) is 59.6 Å². The first-order valence-corrected chi connectivity index (χ1v) is 9.36. The first kappa shape index (κ1) is 15.5. The van der Waals surface area contributed by atoms with Gasteiger partial charge in [0.05, 0.1) is 0 Å². The van der Waals surface area contributed by atoms with Gasteiger partial charge in [-0.3, -0.25) is 0 Å². The quantitative estimate of drug-likeness (QED) is 0.743. The molecule has 3 unspecified atom stereocenters. The smallest absolute Gasteiger partial charge is 0.0285 e. The summed E-state index contributed by atoms with van der Waals surface area (Å²) >= 11 is 5.46. The highest BCUT2D eigenvalue weighted by atomic mass is 79.9. The summed E-state index contributed by atoms with van der Waals surface area (Å²) in [6.45, 7) is 5.67. The van der Waals surface area contributed by atoms with Gasteiger partial charge in [0.1, 0.15) is 0 Å². The molecule has 1 heterocycles. The largest absolute Gasteiger partial charge is 0.314 e. The summed E-state index contributed by atoms with van der Waals surface area (Å²) in [6.07, 6.45) is 8.29. The third-order valence-corrected chi connectivity index (χ3v) is 6.20. The number of halogens is 1. The van der Waals surface area contributed by atoms with Crippen LogP contribution in [0.3, 0.4) is 0 Å². The third kappa shape index (κ3) is 4.57. The zero-order valence-corrected chi connectivity index (χ0v) is 14.5. The molecule has 0 saturated heterocycles. The minimum atomic E-state index is 0.671. The molecular weight excluding hydrogens is 318 g/mol. The molecule has 1 fully saturated rings. The maximum absolute atomic E-state index is 3.75. The number of hydrogen-bond acceptors (Lipinski definition) is 2.